The third-order valence-electron chi connectivity index (χ3n) is 9.15. The Kier molecular flexibility index (Phi) is 8.76. The van der Waals surface area contributed by atoms with E-state index in [1.807, 2.05) is 6.92 Å². The van der Waals surface area contributed by atoms with Gasteiger partial charge in [0.25, 0.3) is 11.8 Å². The van der Waals surface area contributed by atoms with E-state index in [0.29, 0.717) is 34.9 Å². The lowest BCUT2D eigenvalue weighted by atomic mass is 9.82. The van der Waals surface area contributed by atoms with E-state index in [1.165, 1.54) is 6.92 Å². The summed E-state index contributed by atoms with van der Waals surface area (Å²) in [6, 6.07) is 11.8. The number of nitrogens with one attached hydrogen (secondary N) is 1. The molecule has 3 aliphatic heterocycles. The first-order valence-electron chi connectivity index (χ1n) is 14.7. The molecule has 0 radical (unpaired) electrons. The fourth-order valence-electron chi connectivity index (χ4n) is 7.14. The fraction of sp³-hybridized carbons (Fsp3) is 0.516. The van der Waals surface area contributed by atoms with Crippen LogP contribution in [-0.2, 0) is 31.3 Å². The number of hydrogen-bond donors (Lipinski definition) is 3. The highest BCUT2D eigenvalue weighted by Crippen LogP contribution is 2.60. The van der Waals surface area contributed by atoms with Crippen molar-refractivity contribution < 1.29 is 33.4 Å². The Morgan fingerprint density at radius 2 is 1.93 bits per heavy atom. The van der Waals surface area contributed by atoms with Gasteiger partial charge in [-0.3, -0.25) is 14.4 Å². The van der Waals surface area contributed by atoms with Gasteiger partial charge in [-0.15, -0.1) is 0 Å². The Labute approximate surface area is 257 Å². The molecule has 0 aromatic heterocycles. The van der Waals surface area contributed by atoms with Crippen molar-refractivity contribution in [3.05, 3.63) is 58.6 Å². The van der Waals surface area contributed by atoms with E-state index in [2.05, 4.69) is 5.32 Å². The van der Waals surface area contributed by atoms with Gasteiger partial charge in [0.2, 0.25) is 14.3 Å². The Hall–Kier alpha value is -2.83. The molecule has 3 aliphatic rings. The number of ether oxygens (including phenoxy) is 1. The monoisotopic (exact) mass is 631 g/mol. The summed E-state index contributed by atoms with van der Waals surface area (Å²) < 4.78 is 22.8. The second-order valence-electron chi connectivity index (χ2n) is 12.5. The average Bonchev–Trinajstić information content (AvgIpc) is 3.60. The van der Waals surface area contributed by atoms with E-state index >= 15 is 4.11 Å². The maximum atomic E-state index is 16.1. The first-order chi connectivity index (χ1) is 20.3. The Balaban J connectivity index is 1.47. The van der Waals surface area contributed by atoms with Crippen molar-refractivity contribution in [1.82, 2.24) is 4.90 Å². The molecule has 3 heterocycles. The van der Waals surface area contributed by atoms with Gasteiger partial charge in [0.15, 0.2) is 5.60 Å². The van der Waals surface area contributed by atoms with Gasteiger partial charge in [0.05, 0.1) is 37.4 Å². The molecule has 0 bridgehead atoms. The number of amides is 3. The Morgan fingerprint density at radius 1 is 1.23 bits per heavy atom. The first kappa shape index (κ1) is 31.6. The highest BCUT2D eigenvalue weighted by atomic mass is 35.5. The Morgan fingerprint density at radius 3 is 2.56 bits per heavy atom. The van der Waals surface area contributed by atoms with Crippen LogP contribution in [0.5, 0.6) is 0 Å². The lowest BCUT2D eigenvalue weighted by molar-refractivity contribution is -0.150. The number of aliphatic hydroxyl groups is 2. The van der Waals surface area contributed by atoms with Crippen LogP contribution >= 0.6 is 11.6 Å². The molecular weight excluding hydrogens is 593 g/mol. The molecule has 5 rings (SSSR count). The molecule has 2 aromatic rings. The molecule has 0 unspecified atom stereocenters. The van der Waals surface area contributed by atoms with Gasteiger partial charge in [-0.1, -0.05) is 30.7 Å². The van der Waals surface area contributed by atoms with E-state index < -0.39 is 43.6 Å². The number of carbonyl (C=O) groups excluding carboxylic acids is 3. The largest absolute Gasteiger partial charge is 0.394 e. The van der Waals surface area contributed by atoms with E-state index in [-0.39, 0.29) is 37.4 Å². The van der Waals surface area contributed by atoms with Crippen LogP contribution in [0.2, 0.25) is 23.7 Å². The van der Waals surface area contributed by atoms with Crippen LogP contribution in [-0.4, -0.2) is 72.6 Å². The predicted molar refractivity (Wildman–Crippen MR) is 164 cm³/mol. The summed E-state index contributed by atoms with van der Waals surface area (Å²) in [5, 5.41) is 22.3. The number of aliphatic hydroxyl groups excluding tert-OH is 2. The minimum Gasteiger partial charge on any atom is -0.394 e. The van der Waals surface area contributed by atoms with Crippen LogP contribution in [0.3, 0.4) is 0 Å². The van der Waals surface area contributed by atoms with Gasteiger partial charge in [0, 0.05) is 34.3 Å². The number of rotatable bonds is 8. The molecule has 3 amide bonds. The molecule has 0 saturated carbocycles. The van der Waals surface area contributed by atoms with Crippen molar-refractivity contribution in [3.8, 4) is 0 Å². The first-order valence-corrected chi connectivity index (χ1v) is 18.1. The second kappa shape index (κ2) is 11.9. The van der Waals surface area contributed by atoms with Crippen LogP contribution in [0.4, 0.5) is 15.5 Å². The van der Waals surface area contributed by atoms with Gasteiger partial charge < -0.3 is 34.2 Å². The van der Waals surface area contributed by atoms with Gasteiger partial charge in [-0.05, 0) is 68.8 Å². The van der Waals surface area contributed by atoms with E-state index in [1.54, 1.807) is 65.4 Å². The number of nitrogens with zero attached hydrogens (tertiary/aromatic N) is 2. The van der Waals surface area contributed by atoms with Crippen LogP contribution in [0.15, 0.2) is 42.5 Å². The van der Waals surface area contributed by atoms with Crippen LogP contribution in [0.25, 0.3) is 0 Å². The molecule has 232 valence electrons. The average molecular weight is 632 g/mol. The number of hydrogen-bond acceptors (Lipinski definition) is 6. The molecule has 6 atom stereocenters. The van der Waals surface area contributed by atoms with Crippen molar-refractivity contribution in [2.24, 2.45) is 5.92 Å². The summed E-state index contributed by atoms with van der Waals surface area (Å²) in [5.41, 5.74) is 0.297. The molecule has 3 N–H and O–H groups in total. The summed E-state index contributed by atoms with van der Waals surface area (Å²) in [6.45, 7) is 6.99. The minimum absolute atomic E-state index is 0.0730. The van der Waals surface area contributed by atoms with Crippen molar-refractivity contribution in [3.63, 3.8) is 0 Å². The lowest BCUT2D eigenvalue weighted by Gasteiger charge is -2.31. The number of anilines is 2. The molecule has 2 saturated heterocycles. The highest BCUT2D eigenvalue weighted by molar-refractivity contribution is 6.72. The molecule has 2 aromatic carbocycles. The van der Waals surface area contributed by atoms with E-state index in [0.717, 1.165) is 12.0 Å². The number of benzene rings is 2. The maximum absolute atomic E-state index is 16.1. The third-order valence-corrected chi connectivity index (χ3v) is 11.8. The summed E-state index contributed by atoms with van der Waals surface area (Å²) in [5.74, 6) is -1.64. The SMILES string of the molecule is C[C@H](O)C(=O)Nc1ccc(CN2C(=O)[C@]3(O[C@H](CC(=O)N4CCC[C@H]4CO)[C@@H]([Si](C)(C)F)[C@@H]3C)c3cc(Cl)ccc32)cc1. The number of halogens is 2. The standard InChI is InChI=1S/C31H39ClFN3O6Si/c1-18-28(43(3,4)33)26(15-27(39)35-13-5-6-23(35)17-37)42-31(18)24-14-21(32)9-12-25(24)36(30(31)41)16-20-7-10-22(11-8-20)34-29(40)19(2)38/h7-12,14,18-19,23,26,28,37-38H,5-6,13,15-17H2,1-4H3,(H,34,40)/t18-,19-,23-,26+,28-,31+/m0/s1. The van der Waals surface area contributed by atoms with Crippen molar-refractivity contribution >= 4 is 49.1 Å². The smallest absolute Gasteiger partial charge is 0.264 e. The fourth-order valence-corrected chi connectivity index (χ4v) is 9.81. The zero-order valence-corrected chi connectivity index (χ0v) is 26.6. The summed E-state index contributed by atoms with van der Waals surface area (Å²) >= 11 is 6.45. The topological polar surface area (TPSA) is 119 Å². The summed E-state index contributed by atoms with van der Waals surface area (Å²) in [6.07, 6.45) is -0.531. The van der Waals surface area contributed by atoms with Crippen molar-refractivity contribution in [1.29, 1.82) is 0 Å². The van der Waals surface area contributed by atoms with E-state index in [4.69, 9.17) is 16.3 Å². The molecule has 12 heteroatoms. The molecular formula is C31H39ClFN3O6Si. The molecule has 0 aliphatic carbocycles. The number of carbonyl (C=O) groups is 3. The quantitative estimate of drug-likeness (QED) is 0.294. The molecule has 43 heavy (non-hydrogen) atoms. The zero-order chi connectivity index (χ0) is 31.3. The third kappa shape index (κ3) is 5.73. The summed E-state index contributed by atoms with van der Waals surface area (Å²) in [4.78, 5) is 43.1. The van der Waals surface area contributed by atoms with Crippen LogP contribution < -0.4 is 10.2 Å². The van der Waals surface area contributed by atoms with Crippen LogP contribution in [0, 0.1) is 5.92 Å². The summed E-state index contributed by atoms with van der Waals surface area (Å²) in [7, 11) is -3.47. The minimum atomic E-state index is -3.47. The zero-order valence-electron chi connectivity index (χ0n) is 24.8. The van der Waals surface area contributed by atoms with Gasteiger partial charge in [-0.2, -0.15) is 0 Å². The van der Waals surface area contributed by atoms with Crippen molar-refractivity contribution in [2.75, 3.05) is 23.4 Å². The maximum Gasteiger partial charge on any atom is 0.264 e. The molecule has 9 nitrogen and oxygen atoms in total. The predicted octanol–water partition coefficient (Wildman–Crippen LogP) is 4.35. The molecule has 1 spiro atoms. The normalized spacial score (nSPS) is 27.6. The van der Waals surface area contributed by atoms with Crippen LogP contribution in [0.1, 0.15) is 44.2 Å². The van der Waals surface area contributed by atoms with Gasteiger partial charge in [0.1, 0.15) is 6.10 Å². The highest BCUT2D eigenvalue weighted by Gasteiger charge is 2.67. The number of likely N-dealkylation sites (tertiary alicyclic amines) is 1. The number of fused-ring (bicyclic) bond motifs is 2. The van der Waals surface area contributed by atoms with E-state index in [9.17, 15) is 24.6 Å². The lowest BCUT2D eigenvalue weighted by Crippen LogP contribution is -2.45. The van der Waals surface area contributed by atoms with Crippen molar-refractivity contribution in [2.45, 2.75) is 82.1 Å². The molecule has 2 fully saturated rings. The van der Waals surface area contributed by atoms with Gasteiger partial charge in [-0.25, -0.2) is 0 Å². The second-order valence-corrected chi connectivity index (χ2v) is 16.7. The van der Waals surface area contributed by atoms with Gasteiger partial charge >= 0.3 is 0 Å². The Bertz CT molecular complexity index is 1400.